The van der Waals surface area contributed by atoms with Crippen molar-refractivity contribution in [1.82, 2.24) is 5.32 Å². The first-order chi connectivity index (χ1) is 9.53. The number of nitrogens with one attached hydrogen (secondary N) is 2. The number of thioether (sulfide) groups is 1. The molecule has 20 heavy (non-hydrogen) atoms. The van der Waals surface area contributed by atoms with Crippen LogP contribution >= 0.6 is 11.8 Å². The van der Waals surface area contributed by atoms with Crippen molar-refractivity contribution < 1.29 is 9.72 Å². The zero-order valence-corrected chi connectivity index (χ0v) is 12.6. The van der Waals surface area contributed by atoms with Crippen molar-refractivity contribution in [2.45, 2.75) is 19.4 Å². The summed E-state index contributed by atoms with van der Waals surface area (Å²) in [6.07, 6.45) is 2.74. The lowest BCUT2D eigenvalue weighted by atomic mass is 10.1. The van der Waals surface area contributed by atoms with E-state index in [1.54, 1.807) is 24.9 Å². The van der Waals surface area contributed by atoms with Crippen LogP contribution in [0.4, 0.5) is 11.4 Å². The van der Waals surface area contributed by atoms with E-state index in [4.69, 9.17) is 0 Å². The monoisotopic (exact) mass is 297 g/mol. The molecule has 0 aromatic heterocycles. The van der Waals surface area contributed by atoms with Crippen LogP contribution in [0, 0.1) is 10.1 Å². The average molecular weight is 297 g/mol. The van der Waals surface area contributed by atoms with E-state index in [1.165, 1.54) is 12.1 Å². The second-order valence-corrected chi connectivity index (χ2v) is 5.18. The Balaban J connectivity index is 3.03. The molecule has 0 bridgehead atoms. The number of hydrogen-bond donors (Lipinski definition) is 2. The van der Waals surface area contributed by atoms with E-state index in [9.17, 15) is 14.9 Å². The molecule has 0 heterocycles. The Bertz CT molecular complexity index is 494. The highest BCUT2D eigenvalue weighted by molar-refractivity contribution is 7.98. The third-order valence-corrected chi connectivity index (χ3v) is 3.66. The van der Waals surface area contributed by atoms with Gasteiger partial charge in [-0.15, -0.1) is 0 Å². The zero-order valence-electron chi connectivity index (χ0n) is 11.8. The summed E-state index contributed by atoms with van der Waals surface area (Å²) in [5.41, 5.74) is 0.570. The van der Waals surface area contributed by atoms with Crippen LogP contribution in [0.15, 0.2) is 18.2 Å². The fourth-order valence-corrected chi connectivity index (χ4v) is 2.48. The quantitative estimate of drug-likeness (QED) is 0.596. The number of carbonyl (C=O) groups is 1. The Morgan fingerprint density at radius 3 is 2.70 bits per heavy atom. The predicted molar refractivity (Wildman–Crippen MR) is 82.6 cm³/mol. The summed E-state index contributed by atoms with van der Waals surface area (Å²) in [6.45, 7) is 1.97. The lowest BCUT2D eigenvalue weighted by Crippen LogP contribution is -2.36. The molecule has 1 aromatic rings. The number of nitro groups is 1. The van der Waals surface area contributed by atoms with Crippen molar-refractivity contribution >= 4 is 29.0 Å². The maximum absolute atomic E-state index is 12.2. The number of rotatable bonds is 7. The van der Waals surface area contributed by atoms with Gasteiger partial charge in [-0.2, -0.15) is 11.8 Å². The third-order valence-electron chi connectivity index (χ3n) is 2.92. The first-order valence-electron chi connectivity index (χ1n) is 6.29. The van der Waals surface area contributed by atoms with E-state index in [1.807, 2.05) is 13.2 Å². The molecule has 110 valence electrons. The predicted octanol–water partition coefficient (Wildman–Crippen LogP) is 2.51. The molecule has 0 saturated carbocycles. The molecule has 2 N–H and O–H groups in total. The lowest BCUT2D eigenvalue weighted by Gasteiger charge is -2.16. The fraction of sp³-hybridized carbons (Fsp3) is 0.462. The number of benzene rings is 1. The van der Waals surface area contributed by atoms with Gasteiger partial charge in [-0.3, -0.25) is 14.9 Å². The maximum atomic E-state index is 12.2. The lowest BCUT2D eigenvalue weighted by molar-refractivity contribution is -0.385. The van der Waals surface area contributed by atoms with Gasteiger partial charge in [0, 0.05) is 30.6 Å². The van der Waals surface area contributed by atoms with Gasteiger partial charge in [-0.25, -0.2) is 0 Å². The van der Waals surface area contributed by atoms with E-state index >= 15 is 0 Å². The van der Waals surface area contributed by atoms with E-state index < -0.39 is 10.8 Å². The topological polar surface area (TPSA) is 84.3 Å². The Kier molecular flexibility index (Phi) is 6.30. The minimum atomic E-state index is -0.538. The van der Waals surface area contributed by atoms with Crippen LogP contribution in [0.1, 0.15) is 23.7 Å². The summed E-state index contributed by atoms with van der Waals surface area (Å²) in [5.74, 6) is 0.372. The number of anilines is 1. The van der Waals surface area contributed by atoms with Gasteiger partial charge in [0.05, 0.1) is 4.92 Å². The number of amides is 1. The SMILES string of the molecule is CCC(CSC)NC(=O)c1cc(NC)ccc1[N+](=O)[O-]. The number of nitro benzene ring substituents is 1. The minimum Gasteiger partial charge on any atom is -0.388 e. The largest absolute Gasteiger partial charge is 0.388 e. The van der Waals surface area contributed by atoms with Gasteiger partial charge in [0.15, 0.2) is 0 Å². The van der Waals surface area contributed by atoms with Crippen molar-refractivity contribution in [3.05, 3.63) is 33.9 Å². The summed E-state index contributed by atoms with van der Waals surface area (Å²) in [6, 6.07) is 4.43. The van der Waals surface area contributed by atoms with E-state index in [0.29, 0.717) is 5.69 Å². The molecule has 1 rings (SSSR count). The van der Waals surface area contributed by atoms with Crippen LogP contribution < -0.4 is 10.6 Å². The molecule has 0 spiro atoms. The van der Waals surface area contributed by atoms with Crippen LogP contribution in [0.2, 0.25) is 0 Å². The second-order valence-electron chi connectivity index (χ2n) is 4.27. The maximum Gasteiger partial charge on any atom is 0.282 e. The number of carbonyl (C=O) groups excluding carboxylic acids is 1. The van der Waals surface area contributed by atoms with Gasteiger partial charge < -0.3 is 10.6 Å². The molecule has 6 nitrogen and oxygen atoms in total. The molecular formula is C13H19N3O3S. The van der Waals surface area contributed by atoms with Gasteiger partial charge >= 0.3 is 0 Å². The summed E-state index contributed by atoms with van der Waals surface area (Å²) >= 11 is 1.63. The molecule has 1 unspecified atom stereocenters. The van der Waals surface area contributed by atoms with Crippen LogP contribution in [-0.2, 0) is 0 Å². The highest BCUT2D eigenvalue weighted by atomic mass is 32.2. The molecule has 1 aromatic carbocycles. The highest BCUT2D eigenvalue weighted by Gasteiger charge is 2.22. The van der Waals surface area contributed by atoms with Gasteiger partial charge in [0.25, 0.3) is 11.6 Å². The van der Waals surface area contributed by atoms with Crippen LogP contribution in [-0.4, -0.2) is 35.9 Å². The molecule has 7 heteroatoms. The summed E-state index contributed by atoms with van der Waals surface area (Å²) in [5, 5.41) is 16.7. The van der Waals surface area contributed by atoms with Crippen molar-refractivity contribution in [3.63, 3.8) is 0 Å². The Labute approximate surface area is 122 Å². The first kappa shape index (κ1) is 16.3. The van der Waals surface area contributed by atoms with Gasteiger partial charge in [-0.05, 0) is 24.8 Å². The van der Waals surface area contributed by atoms with E-state index in [-0.39, 0.29) is 17.3 Å². The summed E-state index contributed by atoms with van der Waals surface area (Å²) < 4.78 is 0. The fourth-order valence-electron chi connectivity index (χ4n) is 1.76. The van der Waals surface area contributed by atoms with Crippen molar-refractivity contribution in [2.24, 2.45) is 0 Å². The third kappa shape index (κ3) is 4.12. The molecule has 0 aliphatic carbocycles. The molecule has 0 radical (unpaired) electrons. The molecule has 1 atom stereocenters. The first-order valence-corrected chi connectivity index (χ1v) is 7.68. The summed E-state index contributed by atoms with van der Waals surface area (Å²) in [4.78, 5) is 22.7. The van der Waals surface area contributed by atoms with Crippen molar-refractivity contribution in [2.75, 3.05) is 24.4 Å². The highest BCUT2D eigenvalue weighted by Crippen LogP contribution is 2.22. The standard InChI is InChI=1S/C13H19N3O3S/c1-4-9(8-20-3)15-13(17)11-7-10(14-2)5-6-12(11)16(18)19/h5-7,9,14H,4,8H2,1-3H3,(H,15,17). The van der Waals surface area contributed by atoms with Crippen LogP contribution in [0.3, 0.4) is 0 Å². The molecule has 0 fully saturated rings. The van der Waals surface area contributed by atoms with Gasteiger partial charge in [0.2, 0.25) is 0 Å². The Hall–Kier alpha value is -1.76. The van der Waals surface area contributed by atoms with E-state index in [0.717, 1.165) is 12.2 Å². The number of hydrogen-bond acceptors (Lipinski definition) is 5. The molecule has 0 aliphatic rings. The van der Waals surface area contributed by atoms with Gasteiger partial charge in [-0.1, -0.05) is 6.92 Å². The molecule has 0 saturated heterocycles. The average Bonchev–Trinajstić information content (AvgIpc) is 2.45. The Morgan fingerprint density at radius 1 is 1.50 bits per heavy atom. The zero-order chi connectivity index (χ0) is 15.1. The van der Waals surface area contributed by atoms with Crippen LogP contribution in [0.5, 0.6) is 0 Å². The Morgan fingerprint density at radius 2 is 2.20 bits per heavy atom. The minimum absolute atomic E-state index is 0.00958. The summed E-state index contributed by atoms with van der Waals surface area (Å²) in [7, 11) is 1.70. The van der Waals surface area contributed by atoms with Crippen molar-refractivity contribution in [1.29, 1.82) is 0 Å². The second kappa shape index (κ2) is 7.74. The normalized spacial score (nSPS) is 11.8. The van der Waals surface area contributed by atoms with Crippen LogP contribution in [0.25, 0.3) is 0 Å². The molecule has 1 amide bonds. The van der Waals surface area contributed by atoms with E-state index in [2.05, 4.69) is 10.6 Å². The number of nitrogens with zero attached hydrogens (tertiary/aromatic N) is 1. The van der Waals surface area contributed by atoms with Crippen molar-refractivity contribution in [3.8, 4) is 0 Å². The molecule has 0 aliphatic heterocycles. The smallest absolute Gasteiger partial charge is 0.282 e. The molecular weight excluding hydrogens is 278 g/mol. The van der Waals surface area contributed by atoms with Gasteiger partial charge in [0.1, 0.15) is 5.56 Å².